The third-order valence-corrected chi connectivity index (χ3v) is 4.93. The second-order valence-electron chi connectivity index (χ2n) is 8.81. The minimum Gasteiger partial charge on any atom is -0.497 e. The first kappa shape index (κ1) is 21.7. The lowest BCUT2D eigenvalue weighted by atomic mass is 9.92. The highest BCUT2D eigenvalue weighted by atomic mass is 16.5. The summed E-state index contributed by atoms with van der Waals surface area (Å²) in [4.78, 5) is 26.6. The molecule has 1 aliphatic rings. The van der Waals surface area contributed by atoms with Crippen LogP contribution in [0.3, 0.4) is 0 Å². The van der Waals surface area contributed by atoms with E-state index in [0.717, 1.165) is 29.0 Å². The first-order chi connectivity index (χ1) is 14.2. The first-order valence-electron chi connectivity index (χ1n) is 10.2. The number of fused-ring (bicyclic) bond motifs is 1. The smallest absolute Gasteiger partial charge is 0.260 e. The van der Waals surface area contributed by atoms with Crippen molar-refractivity contribution in [1.29, 1.82) is 0 Å². The van der Waals surface area contributed by atoms with Crippen LogP contribution in [0.2, 0.25) is 0 Å². The predicted molar refractivity (Wildman–Crippen MR) is 117 cm³/mol. The fourth-order valence-electron chi connectivity index (χ4n) is 3.39. The van der Waals surface area contributed by atoms with E-state index in [1.54, 1.807) is 12.0 Å². The number of hydrogen-bond donors (Lipinski definition) is 1. The molecule has 6 nitrogen and oxygen atoms in total. The maximum absolute atomic E-state index is 12.5. The van der Waals surface area contributed by atoms with E-state index in [4.69, 9.17) is 9.47 Å². The van der Waals surface area contributed by atoms with Gasteiger partial charge in [0.15, 0.2) is 6.61 Å². The van der Waals surface area contributed by atoms with Gasteiger partial charge in [-0.3, -0.25) is 9.59 Å². The summed E-state index contributed by atoms with van der Waals surface area (Å²) in [5, 5.41) is 2.95. The average molecular weight is 411 g/mol. The molecule has 0 atom stereocenters. The van der Waals surface area contributed by atoms with E-state index < -0.39 is 0 Å². The van der Waals surface area contributed by atoms with Crippen molar-refractivity contribution in [2.45, 2.75) is 40.2 Å². The van der Waals surface area contributed by atoms with Crippen LogP contribution in [-0.2, 0) is 22.6 Å². The van der Waals surface area contributed by atoms with Crippen LogP contribution in [0.4, 0.5) is 5.69 Å². The van der Waals surface area contributed by atoms with E-state index in [1.165, 1.54) is 0 Å². The van der Waals surface area contributed by atoms with E-state index in [1.807, 2.05) is 63.2 Å². The third kappa shape index (κ3) is 5.99. The maximum atomic E-state index is 12.5. The minimum atomic E-state index is -0.0798. The second kappa shape index (κ2) is 9.20. The number of rotatable bonds is 6. The number of hydrogen-bond acceptors (Lipinski definition) is 4. The van der Waals surface area contributed by atoms with Gasteiger partial charge in [0.2, 0.25) is 5.91 Å². The summed E-state index contributed by atoms with van der Waals surface area (Å²) in [5.41, 5.74) is 2.67. The van der Waals surface area contributed by atoms with Gasteiger partial charge >= 0.3 is 0 Å². The molecule has 0 radical (unpaired) electrons. The Labute approximate surface area is 178 Å². The topological polar surface area (TPSA) is 67.9 Å². The van der Waals surface area contributed by atoms with E-state index in [2.05, 4.69) is 5.32 Å². The molecule has 0 aliphatic carbocycles. The quantitative estimate of drug-likeness (QED) is 0.781. The van der Waals surface area contributed by atoms with Gasteiger partial charge in [0.25, 0.3) is 5.91 Å². The first-order valence-corrected chi connectivity index (χ1v) is 10.2. The SMILES string of the molecule is COc1ccc(CCN2Cc3cc(NC(=O)CC(C)(C)C)ccc3OCC2=O)cc1. The molecule has 0 saturated heterocycles. The number of methoxy groups -OCH3 is 1. The molecule has 0 spiro atoms. The number of amides is 2. The van der Waals surface area contributed by atoms with E-state index >= 15 is 0 Å². The predicted octanol–water partition coefficient (Wildman–Crippen LogP) is 4.03. The van der Waals surface area contributed by atoms with Crippen LogP contribution in [-0.4, -0.2) is 37.0 Å². The fraction of sp³-hybridized carbons (Fsp3) is 0.417. The minimum absolute atomic E-state index is 0.0192. The van der Waals surface area contributed by atoms with E-state index in [0.29, 0.717) is 25.3 Å². The highest BCUT2D eigenvalue weighted by Crippen LogP contribution is 2.28. The molecule has 2 amide bonds. The van der Waals surface area contributed by atoms with Crippen molar-refractivity contribution in [3.05, 3.63) is 53.6 Å². The normalized spacial score (nSPS) is 13.9. The Hall–Kier alpha value is -3.02. The number of carbonyl (C=O) groups excluding carboxylic acids is 2. The van der Waals surface area contributed by atoms with Crippen LogP contribution >= 0.6 is 0 Å². The Morgan fingerprint density at radius 1 is 1.17 bits per heavy atom. The molecule has 0 saturated carbocycles. The van der Waals surface area contributed by atoms with Gasteiger partial charge in [-0.15, -0.1) is 0 Å². The van der Waals surface area contributed by atoms with Gasteiger partial charge in [-0.05, 0) is 47.7 Å². The zero-order valence-corrected chi connectivity index (χ0v) is 18.2. The molecule has 6 heteroatoms. The van der Waals surface area contributed by atoms with Crippen LogP contribution < -0.4 is 14.8 Å². The molecular weight excluding hydrogens is 380 g/mol. The molecule has 30 heavy (non-hydrogen) atoms. The third-order valence-electron chi connectivity index (χ3n) is 4.93. The molecule has 0 aromatic heterocycles. The van der Waals surface area contributed by atoms with Gasteiger partial charge < -0.3 is 19.7 Å². The van der Waals surface area contributed by atoms with Gasteiger partial charge in [-0.2, -0.15) is 0 Å². The zero-order chi connectivity index (χ0) is 21.7. The summed E-state index contributed by atoms with van der Waals surface area (Å²) < 4.78 is 10.9. The Morgan fingerprint density at radius 3 is 2.57 bits per heavy atom. The van der Waals surface area contributed by atoms with Crippen LogP contribution in [0.1, 0.15) is 38.3 Å². The summed E-state index contributed by atoms with van der Waals surface area (Å²) in [6.07, 6.45) is 1.18. The van der Waals surface area contributed by atoms with Crippen molar-refractivity contribution in [2.75, 3.05) is 25.6 Å². The second-order valence-corrected chi connectivity index (χ2v) is 8.81. The Balaban J connectivity index is 1.67. The van der Waals surface area contributed by atoms with Crippen LogP contribution in [0.15, 0.2) is 42.5 Å². The van der Waals surface area contributed by atoms with Crippen molar-refractivity contribution in [1.82, 2.24) is 4.90 Å². The highest BCUT2D eigenvalue weighted by molar-refractivity contribution is 5.91. The molecule has 2 aromatic rings. The van der Waals surface area contributed by atoms with Gasteiger partial charge in [0.05, 0.1) is 7.11 Å². The summed E-state index contributed by atoms with van der Waals surface area (Å²) in [6.45, 7) is 7.16. The molecule has 3 rings (SSSR count). The van der Waals surface area contributed by atoms with Crippen molar-refractivity contribution in [2.24, 2.45) is 5.41 Å². The Bertz CT molecular complexity index is 900. The lowest BCUT2D eigenvalue weighted by Gasteiger charge is -2.20. The van der Waals surface area contributed by atoms with Gasteiger partial charge in [0.1, 0.15) is 11.5 Å². The van der Waals surface area contributed by atoms with E-state index in [-0.39, 0.29) is 23.8 Å². The standard InChI is InChI=1S/C24H30N2O4/c1-24(2,3)14-22(27)25-19-7-10-21-18(13-19)15-26(23(28)16-30-21)12-11-17-5-8-20(29-4)9-6-17/h5-10,13H,11-12,14-16H2,1-4H3,(H,25,27). The fourth-order valence-corrected chi connectivity index (χ4v) is 3.39. The summed E-state index contributed by atoms with van der Waals surface area (Å²) in [5.74, 6) is 1.43. The molecule has 160 valence electrons. The van der Waals surface area contributed by atoms with E-state index in [9.17, 15) is 9.59 Å². The average Bonchev–Trinajstić information content (AvgIpc) is 2.84. The maximum Gasteiger partial charge on any atom is 0.260 e. The number of ether oxygens (including phenoxy) is 2. The molecule has 1 heterocycles. The molecule has 0 unspecified atom stereocenters. The number of benzene rings is 2. The van der Waals surface area contributed by atoms with Crippen molar-refractivity contribution >= 4 is 17.5 Å². The highest BCUT2D eigenvalue weighted by Gasteiger charge is 2.22. The lowest BCUT2D eigenvalue weighted by molar-refractivity contribution is -0.133. The lowest BCUT2D eigenvalue weighted by Crippen LogP contribution is -2.34. The van der Waals surface area contributed by atoms with Crippen LogP contribution in [0.25, 0.3) is 0 Å². The van der Waals surface area contributed by atoms with Crippen molar-refractivity contribution < 1.29 is 19.1 Å². The van der Waals surface area contributed by atoms with Crippen molar-refractivity contribution in [3.63, 3.8) is 0 Å². The summed E-state index contributed by atoms with van der Waals surface area (Å²) in [6, 6.07) is 13.4. The largest absolute Gasteiger partial charge is 0.497 e. The summed E-state index contributed by atoms with van der Waals surface area (Å²) >= 11 is 0. The molecule has 0 fully saturated rings. The van der Waals surface area contributed by atoms with Gasteiger partial charge in [0, 0.05) is 30.8 Å². The van der Waals surface area contributed by atoms with Crippen LogP contribution in [0.5, 0.6) is 11.5 Å². The molecule has 1 N–H and O–H groups in total. The Kier molecular flexibility index (Phi) is 6.65. The Morgan fingerprint density at radius 2 is 1.90 bits per heavy atom. The number of nitrogens with zero attached hydrogens (tertiary/aromatic N) is 1. The molecule has 1 aliphatic heterocycles. The molecular formula is C24H30N2O4. The zero-order valence-electron chi connectivity index (χ0n) is 18.2. The number of carbonyl (C=O) groups is 2. The monoisotopic (exact) mass is 410 g/mol. The van der Waals surface area contributed by atoms with Gasteiger partial charge in [-0.25, -0.2) is 0 Å². The number of anilines is 1. The summed E-state index contributed by atoms with van der Waals surface area (Å²) in [7, 11) is 1.64. The van der Waals surface area contributed by atoms with Crippen LogP contribution in [0, 0.1) is 5.41 Å². The number of nitrogens with one attached hydrogen (secondary N) is 1. The van der Waals surface area contributed by atoms with Gasteiger partial charge in [-0.1, -0.05) is 32.9 Å². The molecule has 0 bridgehead atoms. The molecule has 2 aromatic carbocycles. The van der Waals surface area contributed by atoms with Crippen molar-refractivity contribution in [3.8, 4) is 11.5 Å².